The van der Waals surface area contributed by atoms with E-state index in [4.69, 9.17) is 4.74 Å². The van der Waals surface area contributed by atoms with Crippen molar-refractivity contribution in [2.45, 2.75) is 19.3 Å². The summed E-state index contributed by atoms with van der Waals surface area (Å²) in [5.41, 5.74) is 0.355. The first kappa shape index (κ1) is 22.5. The van der Waals surface area contributed by atoms with Gasteiger partial charge in [-0.25, -0.2) is 0 Å². The maximum absolute atomic E-state index is 13.0. The molecule has 0 aliphatic carbocycles. The molecule has 0 radical (unpaired) electrons. The van der Waals surface area contributed by atoms with E-state index in [9.17, 15) is 24.5 Å². The maximum Gasteiger partial charge on any atom is 0.274 e. The third-order valence-corrected chi connectivity index (χ3v) is 5.30. The molecule has 0 unspecified atom stereocenters. The average Bonchev–Trinajstić information content (AvgIpc) is 2.79. The van der Waals surface area contributed by atoms with Crippen LogP contribution in [0, 0.1) is 17.0 Å². The molecule has 2 heterocycles. The van der Waals surface area contributed by atoms with E-state index < -0.39 is 28.2 Å². The van der Waals surface area contributed by atoms with Crippen molar-refractivity contribution >= 4 is 40.6 Å². The van der Waals surface area contributed by atoms with Crippen LogP contribution in [0.4, 0.5) is 28.8 Å². The highest BCUT2D eigenvalue weighted by atomic mass is 16.6. The third kappa shape index (κ3) is 4.41. The molecule has 1 aliphatic heterocycles. The number of nitro groups is 1. The van der Waals surface area contributed by atoms with Gasteiger partial charge in [0.15, 0.2) is 0 Å². The number of methoxy groups -OCH3 is 1. The van der Waals surface area contributed by atoms with Gasteiger partial charge in [-0.15, -0.1) is 0 Å². The van der Waals surface area contributed by atoms with Crippen LogP contribution in [-0.2, 0) is 9.59 Å². The molecule has 34 heavy (non-hydrogen) atoms. The van der Waals surface area contributed by atoms with E-state index in [1.165, 1.54) is 25.3 Å². The van der Waals surface area contributed by atoms with Crippen LogP contribution < -0.4 is 26.2 Å². The Morgan fingerprint density at radius 3 is 2.74 bits per heavy atom. The summed E-state index contributed by atoms with van der Waals surface area (Å²) in [5.74, 6) is -1.79. The molecule has 0 spiro atoms. The lowest BCUT2D eigenvalue weighted by Gasteiger charge is -2.23. The van der Waals surface area contributed by atoms with Crippen LogP contribution in [0.1, 0.15) is 23.5 Å². The molecule has 1 aromatic heterocycles. The van der Waals surface area contributed by atoms with Crippen LogP contribution >= 0.6 is 0 Å². The molecule has 4 rings (SSSR count). The van der Waals surface area contributed by atoms with Crippen LogP contribution in [0.25, 0.3) is 0 Å². The van der Waals surface area contributed by atoms with Crippen molar-refractivity contribution in [1.29, 1.82) is 0 Å². The zero-order valence-corrected chi connectivity index (χ0v) is 18.2. The van der Waals surface area contributed by atoms with E-state index in [1.807, 2.05) is 0 Å². The molecule has 12 nitrogen and oxygen atoms in total. The summed E-state index contributed by atoms with van der Waals surface area (Å²) in [6, 6.07) is 11.2. The van der Waals surface area contributed by atoms with Crippen molar-refractivity contribution in [1.82, 2.24) is 9.97 Å². The number of carbonyl (C=O) groups excluding carboxylic acids is 2. The molecule has 4 N–H and O–H groups in total. The van der Waals surface area contributed by atoms with Gasteiger partial charge >= 0.3 is 0 Å². The monoisotopic (exact) mass is 464 g/mol. The number of fused-ring (bicyclic) bond motifs is 1. The van der Waals surface area contributed by atoms with Crippen LogP contribution in [0.3, 0.4) is 0 Å². The van der Waals surface area contributed by atoms with Gasteiger partial charge in [-0.2, -0.15) is 4.98 Å². The summed E-state index contributed by atoms with van der Waals surface area (Å²) < 4.78 is 5.27. The molecule has 2 amide bonds. The summed E-state index contributed by atoms with van der Waals surface area (Å²) in [6.45, 7) is 1.58. The van der Waals surface area contributed by atoms with Crippen LogP contribution in [0.15, 0.2) is 47.3 Å². The minimum absolute atomic E-state index is 0.00992. The van der Waals surface area contributed by atoms with Gasteiger partial charge in [0.2, 0.25) is 17.8 Å². The number of hydrogen-bond acceptors (Lipinski definition) is 8. The minimum atomic E-state index is -1.14. The Bertz CT molecular complexity index is 1370. The molecule has 0 saturated heterocycles. The number of para-hydroxylation sites is 2. The number of nitro benzene ring substituents is 1. The van der Waals surface area contributed by atoms with Crippen LogP contribution in [0.2, 0.25) is 0 Å². The number of aryl methyl sites for hydroxylation is 1. The van der Waals surface area contributed by atoms with Crippen molar-refractivity contribution in [3.8, 4) is 5.75 Å². The predicted molar refractivity (Wildman–Crippen MR) is 124 cm³/mol. The van der Waals surface area contributed by atoms with E-state index in [1.54, 1.807) is 31.2 Å². The first-order chi connectivity index (χ1) is 16.3. The quantitative estimate of drug-likeness (QED) is 0.319. The zero-order chi connectivity index (χ0) is 24.4. The number of benzene rings is 2. The van der Waals surface area contributed by atoms with Gasteiger partial charge < -0.3 is 20.7 Å². The number of H-pyrrole nitrogens is 1. The standard InChI is InChI=1S/C22H20N6O6/c1-11-7-8-12(9-15(11)28(32)33)23-20(30)13-10-17(29)25-19-18(13)21(31)27-22(26-19)24-14-5-3-4-6-16(14)34-2/h3-9,13H,10H2,1-2H3,(H,23,30)(H3,24,25,26,27,29,31)/t13-/m1/s1. The van der Waals surface area contributed by atoms with E-state index in [0.29, 0.717) is 17.0 Å². The van der Waals surface area contributed by atoms with Gasteiger partial charge in [0.05, 0.1) is 29.2 Å². The Morgan fingerprint density at radius 1 is 1.24 bits per heavy atom. The van der Waals surface area contributed by atoms with E-state index >= 15 is 0 Å². The number of aromatic nitrogens is 2. The molecule has 0 bridgehead atoms. The number of rotatable bonds is 6. The smallest absolute Gasteiger partial charge is 0.274 e. The van der Waals surface area contributed by atoms with Crippen molar-refractivity contribution in [3.05, 3.63) is 74.1 Å². The second-order valence-corrected chi connectivity index (χ2v) is 7.55. The number of carbonyl (C=O) groups is 2. The third-order valence-electron chi connectivity index (χ3n) is 5.30. The Morgan fingerprint density at radius 2 is 2.00 bits per heavy atom. The summed E-state index contributed by atoms with van der Waals surface area (Å²) in [7, 11) is 1.50. The molecule has 1 aliphatic rings. The van der Waals surface area contributed by atoms with Crippen molar-refractivity contribution in [2.24, 2.45) is 0 Å². The fourth-order valence-electron chi connectivity index (χ4n) is 3.64. The molecule has 0 saturated carbocycles. The summed E-state index contributed by atoms with van der Waals surface area (Å²) in [5, 5.41) is 19.2. The highest BCUT2D eigenvalue weighted by Gasteiger charge is 2.35. The number of amides is 2. The van der Waals surface area contributed by atoms with Crippen molar-refractivity contribution < 1.29 is 19.2 Å². The number of aromatic amines is 1. The molecule has 2 aromatic carbocycles. The van der Waals surface area contributed by atoms with Crippen LogP contribution in [-0.4, -0.2) is 33.8 Å². The Kier molecular flexibility index (Phi) is 5.95. The summed E-state index contributed by atoms with van der Waals surface area (Å²) in [4.78, 5) is 55.6. The van der Waals surface area contributed by atoms with Crippen molar-refractivity contribution in [3.63, 3.8) is 0 Å². The lowest BCUT2D eigenvalue weighted by atomic mass is 9.92. The van der Waals surface area contributed by atoms with Gasteiger partial charge in [-0.1, -0.05) is 18.2 Å². The molecule has 1 atom stereocenters. The number of ether oxygens (including phenoxy) is 1. The average molecular weight is 464 g/mol. The number of anilines is 4. The summed E-state index contributed by atoms with van der Waals surface area (Å²) >= 11 is 0. The Balaban J connectivity index is 1.64. The highest BCUT2D eigenvalue weighted by molar-refractivity contribution is 6.04. The first-order valence-corrected chi connectivity index (χ1v) is 10.2. The Labute approximate surface area is 192 Å². The molecule has 3 aromatic rings. The molecular weight excluding hydrogens is 444 g/mol. The van der Waals surface area contributed by atoms with Crippen molar-refractivity contribution in [2.75, 3.05) is 23.1 Å². The van der Waals surface area contributed by atoms with E-state index in [-0.39, 0.29) is 35.1 Å². The minimum Gasteiger partial charge on any atom is -0.495 e. The van der Waals surface area contributed by atoms with E-state index in [2.05, 4.69) is 25.9 Å². The van der Waals surface area contributed by atoms with Gasteiger partial charge in [0, 0.05) is 23.7 Å². The summed E-state index contributed by atoms with van der Waals surface area (Å²) in [6.07, 6.45) is -0.281. The largest absolute Gasteiger partial charge is 0.495 e. The predicted octanol–water partition coefficient (Wildman–Crippen LogP) is 2.80. The number of hydrogen-bond donors (Lipinski definition) is 4. The highest BCUT2D eigenvalue weighted by Crippen LogP contribution is 2.32. The van der Waals surface area contributed by atoms with Gasteiger partial charge in [0.1, 0.15) is 11.6 Å². The maximum atomic E-state index is 13.0. The number of nitrogens with one attached hydrogen (secondary N) is 4. The lowest BCUT2D eigenvalue weighted by Crippen LogP contribution is -2.36. The van der Waals surface area contributed by atoms with Crippen LogP contribution in [0.5, 0.6) is 5.75 Å². The lowest BCUT2D eigenvalue weighted by molar-refractivity contribution is -0.385. The zero-order valence-electron chi connectivity index (χ0n) is 18.2. The molecule has 174 valence electrons. The first-order valence-electron chi connectivity index (χ1n) is 10.2. The molecular formula is C22H20N6O6. The van der Waals surface area contributed by atoms with Gasteiger partial charge in [-0.05, 0) is 25.1 Å². The second kappa shape index (κ2) is 9.02. The van der Waals surface area contributed by atoms with E-state index in [0.717, 1.165) is 0 Å². The molecule has 12 heteroatoms. The SMILES string of the molecule is COc1ccccc1Nc1nc2c(c(=O)[nH]1)[C@H](C(=O)Nc1ccc(C)c([N+](=O)[O-])c1)CC(=O)N2. The molecule has 0 fully saturated rings. The number of nitrogens with zero attached hydrogens (tertiary/aromatic N) is 2. The second-order valence-electron chi connectivity index (χ2n) is 7.55. The normalized spacial score (nSPS) is 14.5. The Hall–Kier alpha value is -4.74. The fourth-order valence-corrected chi connectivity index (χ4v) is 3.64. The fraction of sp³-hybridized carbons (Fsp3) is 0.182. The van der Waals surface area contributed by atoms with Gasteiger partial charge in [-0.3, -0.25) is 29.5 Å². The topological polar surface area (TPSA) is 168 Å². The van der Waals surface area contributed by atoms with Gasteiger partial charge in [0.25, 0.3) is 11.2 Å².